The third-order valence-corrected chi connectivity index (χ3v) is 4.94. The molecule has 0 aliphatic heterocycles. The molecular weight excluding hydrogens is 358 g/mol. The average Bonchev–Trinajstić information content (AvgIpc) is 2.69. The van der Waals surface area contributed by atoms with Crippen LogP contribution in [0.15, 0.2) is 73.3 Å². The minimum atomic E-state index is 0.723. The highest BCUT2D eigenvalue weighted by molar-refractivity contribution is 8.09. The van der Waals surface area contributed by atoms with Gasteiger partial charge < -0.3 is 4.74 Å². The first-order valence-corrected chi connectivity index (χ1v) is 10.5. The Bertz CT molecular complexity index is 839. The van der Waals surface area contributed by atoms with Crippen molar-refractivity contribution in [2.75, 3.05) is 13.7 Å². The van der Waals surface area contributed by atoms with E-state index >= 15 is 0 Å². The molecule has 0 bridgehead atoms. The number of aromatic nitrogens is 2. The molecule has 2 heterocycles. The summed E-state index contributed by atoms with van der Waals surface area (Å²) in [7, 11) is 2.60. The summed E-state index contributed by atoms with van der Waals surface area (Å²) in [5.41, 5.74) is 4.89. The third kappa shape index (κ3) is 5.28. The van der Waals surface area contributed by atoms with E-state index in [1.807, 2.05) is 7.00 Å². The van der Waals surface area contributed by atoms with Gasteiger partial charge in [0.05, 0.1) is 0 Å². The van der Waals surface area contributed by atoms with Crippen molar-refractivity contribution >= 4 is 31.5 Å². The average molecular weight is 379 g/mol. The number of ether oxygens (including phenoxy) is 1. The topological polar surface area (TPSA) is 17.0 Å². The van der Waals surface area contributed by atoms with Gasteiger partial charge in [0.1, 0.15) is 6.61 Å². The molecule has 0 spiro atoms. The van der Waals surface area contributed by atoms with Crippen molar-refractivity contribution in [3.8, 4) is 11.1 Å². The van der Waals surface area contributed by atoms with Gasteiger partial charge in [0.2, 0.25) is 7.00 Å². The minimum absolute atomic E-state index is 0.723. The molecule has 3 aromatic rings. The fourth-order valence-electron chi connectivity index (χ4n) is 2.73. The lowest BCUT2D eigenvalue weighted by Crippen LogP contribution is -2.34. The molecule has 0 saturated heterocycles. The van der Waals surface area contributed by atoms with E-state index in [9.17, 15) is 0 Å². The molecule has 1 radical (unpaired) electrons. The second-order valence-electron chi connectivity index (χ2n) is 6.05. The van der Waals surface area contributed by atoms with Crippen LogP contribution < -0.4 is 14.6 Å². The Morgan fingerprint density at radius 2 is 1.46 bits per heavy atom. The first kappa shape index (κ1) is 18.8. The SMILES string of the molecule is COCC[n+]1ccc(-c2cc[n+](Cc3ccc([B]P=S)cc3)cc2)cc1. The van der Waals surface area contributed by atoms with Gasteiger partial charge in [-0.3, -0.25) is 0 Å². The van der Waals surface area contributed by atoms with Crippen LogP contribution in [0.2, 0.25) is 0 Å². The zero-order valence-electron chi connectivity index (χ0n) is 14.8. The Hall–Kier alpha value is -1.94. The van der Waals surface area contributed by atoms with Gasteiger partial charge in [0.15, 0.2) is 37.9 Å². The van der Waals surface area contributed by atoms with Crippen molar-refractivity contribution < 1.29 is 13.9 Å². The minimum Gasteiger partial charge on any atom is -0.378 e. The molecule has 26 heavy (non-hydrogen) atoms. The van der Waals surface area contributed by atoms with Crippen molar-refractivity contribution in [1.29, 1.82) is 0 Å². The molecule has 0 N–H and O–H groups in total. The maximum Gasteiger partial charge on any atom is 0.236 e. The molecule has 0 saturated carbocycles. The molecule has 0 aliphatic rings. The zero-order chi connectivity index (χ0) is 18.2. The van der Waals surface area contributed by atoms with Gasteiger partial charge in [-0.2, -0.15) is 0 Å². The number of hydrogen-bond acceptors (Lipinski definition) is 2. The Kier molecular flexibility index (Phi) is 7.01. The molecule has 0 unspecified atom stereocenters. The van der Waals surface area contributed by atoms with Gasteiger partial charge in [-0.05, 0) is 11.1 Å². The number of hydrogen-bond donors (Lipinski definition) is 0. The Balaban J connectivity index is 1.65. The summed E-state index contributed by atoms with van der Waals surface area (Å²) in [5.74, 6) is 0. The van der Waals surface area contributed by atoms with Gasteiger partial charge in [0, 0.05) is 36.9 Å². The maximum absolute atomic E-state index is 5.11. The molecule has 6 heteroatoms. The van der Waals surface area contributed by atoms with Crippen LogP contribution in [0.4, 0.5) is 0 Å². The van der Waals surface area contributed by atoms with Gasteiger partial charge in [0.25, 0.3) is 0 Å². The van der Waals surface area contributed by atoms with Crippen molar-refractivity contribution in [2.45, 2.75) is 13.1 Å². The highest BCUT2D eigenvalue weighted by Crippen LogP contribution is 2.15. The fourth-order valence-corrected chi connectivity index (χ4v) is 3.39. The van der Waals surface area contributed by atoms with Crippen molar-refractivity contribution in [3.63, 3.8) is 0 Å². The molecule has 3 rings (SSSR count). The number of nitrogens with zero attached hydrogens (tertiary/aromatic N) is 2. The van der Waals surface area contributed by atoms with E-state index in [1.165, 1.54) is 22.2 Å². The molecule has 2 aromatic heterocycles. The second kappa shape index (κ2) is 9.68. The van der Waals surface area contributed by atoms with Crippen LogP contribution in [0.1, 0.15) is 5.56 Å². The predicted molar refractivity (Wildman–Crippen MR) is 109 cm³/mol. The van der Waals surface area contributed by atoms with Gasteiger partial charge in [-0.25, -0.2) is 9.13 Å². The van der Waals surface area contributed by atoms with E-state index < -0.39 is 0 Å². The summed E-state index contributed by atoms with van der Waals surface area (Å²) >= 11 is 4.96. The summed E-state index contributed by atoms with van der Waals surface area (Å²) in [6.07, 6.45) is 8.44. The third-order valence-electron chi connectivity index (χ3n) is 4.22. The van der Waals surface area contributed by atoms with Crippen molar-refractivity contribution in [2.24, 2.45) is 0 Å². The van der Waals surface area contributed by atoms with Crippen molar-refractivity contribution in [1.82, 2.24) is 0 Å². The largest absolute Gasteiger partial charge is 0.378 e. The van der Waals surface area contributed by atoms with Gasteiger partial charge in [-0.1, -0.05) is 48.8 Å². The number of methoxy groups -OCH3 is 1. The second-order valence-corrected chi connectivity index (χ2v) is 7.15. The van der Waals surface area contributed by atoms with Crippen LogP contribution in [0, 0.1) is 0 Å². The normalized spacial score (nSPS) is 10.8. The summed E-state index contributed by atoms with van der Waals surface area (Å²) in [5, 5.41) is 0. The summed E-state index contributed by atoms with van der Waals surface area (Å²) in [6.45, 7) is 4.48. The molecule has 0 amide bonds. The van der Waals surface area contributed by atoms with Gasteiger partial charge >= 0.3 is 0 Å². The number of rotatable bonds is 8. The lowest BCUT2D eigenvalue weighted by atomic mass is 9.93. The Morgan fingerprint density at radius 3 is 2.00 bits per heavy atom. The number of benzene rings is 1. The highest BCUT2D eigenvalue weighted by atomic mass is 32.4. The summed E-state index contributed by atoms with van der Waals surface area (Å²) in [4.78, 5) is 0. The molecule has 0 atom stereocenters. The molecule has 0 fully saturated rings. The van der Waals surface area contributed by atoms with E-state index in [-0.39, 0.29) is 0 Å². The zero-order valence-corrected chi connectivity index (χ0v) is 16.5. The first-order valence-electron chi connectivity index (χ1n) is 8.50. The van der Waals surface area contributed by atoms with E-state index in [2.05, 4.69) is 82.5 Å². The summed E-state index contributed by atoms with van der Waals surface area (Å²) in [6, 6.07) is 17.2. The van der Waals surface area contributed by atoms with Crippen LogP contribution in [0.3, 0.4) is 0 Å². The summed E-state index contributed by atoms with van der Waals surface area (Å²) < 4.78 is 9.43. The van der Waals surface area contributed by atoms with Crippen LogP contribution in [-0.2, 0) is 29.6 Å². The highest BCUT2D eigenvalue weighted by Gasteiger charge is 2.07. The van der Waals surface area contributed by atoms with Crippen LogP contribution in [0.5, 0.6) is 0 Å². The predicted octanol–water partition coefficient (Wildman–Crippen LogP) is 2.28. The Labute approximate surface area is 162 Å². The lowest BCUT2D eigenvalue weighted by Gasteiger charge is -2.02. The van der Waals surface area contributed by atoms with E-state index in [0.717, 1.165) is 26.9 Å². The van der Waals surface area contributed by atoms with E-state index in [4.69, 9.17) is 16.5 Å². The standard InChI is InChI=1S/C20H21BN2OPS/c1-24-15-14-22-10-6-18(7-11-22)19-8-12-23(13-9-19)16-17-2-4-20(5-3-17)21-25-26/h2-13H,14-16H2,1H3/q+2. The van der Waals surface area contributed by atoms with E-state index in [1.54, 1.807) is 7.11 Å². The smallest absolute Gasteiger partial charge is 0.236 e. The molecule has 129 valence electrons. The maximum atomic E-state index is 5.11. The van der Waals surface area contributed by atoms with Crippen LogP contribution in [-0.4, -0.2) is 20.7 Å². The first-order chi connectivity index (χ1) is 12.8. The number of pyridine rings is 2. The molecule has 3 nitrogen and oxygen atoms in total. The van der Waals surface area contributed by atoms with Crippen LogP contribution in [0.25, 0.3) is 11.1 Å². The van der Waals surface area contributed by atoms with Gasteiger partial charge in [-0.15, -0.1) is 0 Å². The lowest BCUT2D eigenvalue weighted by molar-refractivity contribution is -0.698. The Morgan fingerprint density at radius 1 is 0.885 bits per heavy atom. The molecule has 1 aromatic carbocycles. The van der Waals surface area contributed by atoms with Crippen LogP contribution >= 0.6 is 7.23 Å². The molecular formula is C20H21BN2OPS+2. The molecule has 0 aliphatic carbocycles. The fraction of sp³-hybridized carbons (Fsp3) is 0.200. The van der Waals surface area contributed by atoms with E-state index in [0.29, 0.717) is 0 Å². The monoisotopic (exact) mass is 379 g/mol. The van der Waals surface area contributed by atoms with Crippen molar-refractivity contribution in [3.05, 3.63) is 78.9 Å². The quantitative estimate of drug-likeness (QED) is 0.339.